The van der Waals surface area contributed by atoms with E-state index in [2.05, 4.69) is 34.2 Å². The van der Waals surface area contributed by atoms with Gasteiger partial charge in [-0.05, 0) is 61.4 Å². The zero-order valence-electron chi connectivity index (χ0n) is 18.4. The summed E-state index contributed by atoms with van der Waals surface area (Å²) >= 11 is 0. The van der Waals surface area contributed by atoms with Gasteiger partial charge in [0, 0.05) is 35.8 Å². The summed E-state index contributed by atoms with van der Waals surface area (Å²) in [5, 5.41) is 4.07. The Morgan fingerprint density at radius 2 is 2.12 bits per heavy atom. The van der Waals surface area contributed by atoms with Crippen LogP contribution in [0.2, 0.25) is 0 Å². The van der Waals surface area contributed by atoms with Crippen molar-refractivity contribution in [3.05, 3.63) is 72.1 Å². The van der Waals surface area contributed by atoms with Crippen molar-refractivity contribution in [3.63, 3.8) is 0 Å². The van der Waals surface area contributed by atoms with Gasteiger partial charge in [0.15, 0.2) is 0 Å². The molecule has 1 amide bonds. The third kappa shape index (κ3) is 3.46. The van der Waals surface area contributed by atoms with Crippen molar-refractivity contribution in [2.24, 2.45) is 22.2 Å². The lowest BCUT2D eigenvalue weighted by Gasteiger charge is -2.32. The molecule has 2 aromatic rings. The molecule has 0 bridgehead atoms. The normalized spacial score (nSPS) is 30.1. The number of allylic oxidation sites excluding steroid dienone is 3. The molecule has 2 fully saturated rings. The minimum Gasteiger partial charge on any atom is -0.339 e. The number of rotatable bonds is 3. The smallest absolute Gasteiger partial charge is 0.253 e. The lowest BCUT2D eigenvalue weighted by Crippen LogP contribution is -2.40. The highest BCUT2D eigenvalue weighted by molar-refractivity contribution is 6.12. The van der Waals surface area contributed by atoms with Gasteiger partial charge in [-0.2, -0.15) is 4.98 Å². The standard InChI is InChI=1S/C26H25FN4O2/c1-16-9-11-28-22-13-18(8-10-26(22)14-21(16)26)25(32)31-12-2-3-19(15-31)24-29-23(30-33-24)17-4-6-20(27)7-5-17/h4-11,13,16,19,21H,2-3,12,14-15H2,1H3. The van der Waals surface area contributed by atoms with Crippen LogP contribution in [-0.4, -0.2) is 39.7 Å². The maximum Gasteiger partial charge on any atom is 0.253 e. The monoisotopic (exact) mass is 444 g/mol. The van der Waals surface area contributed by atoms with Crippen LogP contribution in [0.4, 0.5) is 4.39 Å². The van der Waals surface area contributed by atoms with Crippen LogP contribution < -0.4 is 0 Å². The molecule has 2 aliphatic carbocycles. The first-order chi connectivity index (χ1) is 16.0. The molecule has 6 nitrogen and oxygen atoms in total. The number of carbonyl (C=O) groups excluding carboxylic acids is 1. The summed E-state index contributed by atoms with van der Waals surface area (Å²) in [4.78, 5) is 24.4. The molecule has 168 valence electrons. The van der Waals surface area contributed by atoms with E-state index in [0.29, 0.717) is 47.8 Å². The molecule has 1 spiro atoms. The molecular formula is C26H25FN4O2. The molecule has 4 atom stereocenters. The second-order valence-electron chi connectivity index (χ2n) is 9.55. The summed E-state index contributed by atoms with van der Waals surface area (Å²) in [5.41, 5.74) is 2.41. The fourth-order valence-corrected chi connectivity index (χ4v) is 5.45. The number of aromatic nitrogens is 2. The van der Waals surface area contributed by atoms with Crippen molar-refractivity contribution in [2.75, 3.05) is 13.1 Å². The van der Waals surface area contributed by atoms with E-state index < -0.39 is 0 Å². The summed E-state index contributed by atoms with van der Waals surface area (Å²) in [7, 11) is 0. The summed E-state index contributed by atoms with van der Waals surface area (Å²) in [5.74, 6) is 1.72. The van der Waals surface area contributed by atoms with Crippen molar-refractivity contribution < 1.29 is 13.7 Å². The largest absolute Gasteiger partial charge is 0.339 e. The molecule has 33 heavy (non-hydrogen) atoms. The number of halogens is 1. The first kappa shape index (κ1) is 20.3. The van der Waals surface area contributed by atoms with Crippen molar-refractivity contribution in [1.82, 2.24) is 15.0 Å². The van der Waals surface area contributed by atoms with Crippen LogP contribution in [0.15, 0.2) is 69.9 Å². The fourth-order valence-electron chi connectivity index (χ4n) is 5.45. The second kappa shape index (κ2) is 7.61. The van der Waals surface area contributed by atoms with Gasteiger partial charge in [-0.15, -0.1) is 0 Å². The van der Waals surface area contributed by atoms with E-state index in [0.717, 1.165) is 25.0 Å². The van der Waals surface area contributed by atoms with Crippen molar-refractivity contribution in [3.8, 4) is 11.4 Å². The number of benzene rings is 1. The van der Waals surface area contributed by atoms with E-state index in [1.807, 2.05) is 23.3 Å². The predicted octanol–water partition coefficient (Wildman–Crippen LogP) is 4.69. The van der Waals surface area contributed by atoms with Gasteiger partial charge in [0.25, 0.3) is 5.91 Å². The average molecular weight is 445 g/mol. The highest BCUT2D eigenvalue weighted by Gasteiger charge is 2.58. The number of carbonyl (C=O) groups is 1. The molecule has 4 unspecified atom stereocenters. The number of likely N-dealkylation sites (tertiary alicyclic amines) is 1. The minimum absolute atomic E-state index is 0.0116. The predicted molar refractivity (Wildman–Crippen MR) is 122 cm³/mol. The number of hydrogen-bond donors (Lipinski definition) is 0. The average Bonchev–Trinajstić information content (AvgIpc) is 3.37. The van der Waals surface area contributed by atoms with Crippen LogP contribution in [-0.2, 0) is 4.79 Å². The van der Waals surface area contributed by atoms with Gasteiger partial charge in [-0.25, -0.2) is 4.39 Å². The highest BCUT2D eigenvalue weighted by Crippen LogP contribution is 2.61. The van der Waals surface area contributed by atoms with Gasteiger partial charge in [0.2, 0.25) is 11.7 Å². The quantitative estimate of drug-likeness (QED) is 0.689. The Kier molecular flexibility index (Phi) is 4.67. The van der Waals surface area contributed by atoms with Gasteiger partial charge in [0.1, 0.15) is 5.82 Å². The number of aliphatic imine (C=N–C) groups is 1. The molecule has 1 saturated carbocycles. The summed E-state index contributed by atoms with van der Waals surface area (Å²) in [6.45, 7) is 3.47. The Bertz CT molecular complexity index is 1230. The van der Waals surface area contributed by atoms with Crippen LogP contribution in [0.1, 0.15) is 38.0 Å². The van der Waals surface area contributed by atoms with E-state index in [4.69, 9.17) is 4.52 Å². The summed E-state index contributed by atoms with van der Waals surface area (Å²) in [6, 6.07) is 6.01. The van der Waals surface area contributed by atoms with Crippen LogP contribution in [0, 0.1) is 23.1 Å². The SMILES string of the molecule is CC1C=CN=C2C=C(C(=O)N3CCCC(c4nc(-c5ccc(F)cc5)no4)C3)C=CC23CC13. The molecule has 1 aromatic heterocycles. The van der Waals surface area contributed by atoms with E-state index in [1.54, 1.807) is 12.1 Å². The lowest BCUT2D eigenvalue weighted by molar-refractivity contribution is -0.128. The Balaban J connectivity index is 1.18. The van der Waals surface area contributed by atoms with Crippen LogP contribution >= 0.6 is 0 Å². The summed E-state index contributed by atoms with van der Waals surface area (Å²) < 4.78 is 18.7. The van der Waals surface area contributed by atoms with Crippen LogP contribution in [0.5, 0.6) is 0 Å². The second-order valence-corrected chi connectivity index (χ2v) is 9.55. The minimum atomic E-state index is -0.307. The molecular weight excluding hydrogens is 419 g/mol. The molecule has 0 radical (unpaired) electrons. The topological polar surface area (TPSA) is 71.6 Å². The fraction of sp³-hybridized carbons (Fsp3) is 0.385. The van der Waals surface area contributed by atoms with Crippen molar-refractivity contribution in [2.45, 2.75) is 32.1 Å². The van der Waals surface area contributed by atoms with E-state index >= 15 is 0 Å². The Morgan fingerprint density at radius 3 is 2.97 bits per heavy atom. The first-order valence-corrected chi connectivity index (χ1v) is 11.6. The van der Waals surface area contributed by atoms with Gasteiger partial charge in [-0.1, -0.05) is 30.3 Å². The zero-order valence-corrected chi connectivity index (χ0v) is 18.4. The van der Waals surface area contributed by atoms with Gasteiger partial charge >= 0.3 is 0 Å². The van der Waals surface area contributed by atoms with Crippen molar-refractivity contribution >= 4 is 11.6 Å². The molecule has 0 N–H and O–H groups in total. The number of amides is 1. The van der Waals surface area contributed by atoms with E-state index in [1.165, 1.54) is 12.1 Å². The Hall–Kier alpha value is -3.35. The summed E-state index contributed by atoms with van der Waals surface area (Å²) in [6.07, 6.45) is 13.1. The molecule has 7 heteroatoms. The molecule has 4 aliphatic rings. The highest BCUT2D eigenvalue weighted by atomic mass is 19.1. The Morgan fingerprint density at radius 1 is 1.27 bits per heavy atom. The number of nitrogens with zero attached hydrogens (tertiary/aromatic N) is 4. The Labute approximate surface area is 191 Å². The third-order valence-electron chi connectivity index (χ3n) is 7.48. The molecule has 1 aromatic carbocycles. The number of hydrogen-bond acceptors (Lipinski definition) is 5. The van der Waals surface area contributed by atoms with Crippen molar-refractivity contribution in [1.29, 1.82) is 0 Å². The molecule has 6 rings (SSSR count). The maximum atomic E-state index is 13.4. The molecule has 1 saturated heterocycles. The van der Waals surface area contributed by atoms with Crippen LogP contribution in [0.3, 0.4) is 0 Å². The molecule has 2 aliphatic heterocycles. The van der Waals surface area contributed by atoms with E-state index in [9.17, 15) is 9.18 Å². The number of piperidine rings is 1. The van der Waals surface area contributed by atoms with Gasteiger partial charge in [0.05, 0.1) is 11.6 Å². The lowest BCUT2D eigenvalue weighted by atomic mass is 9.86. The van der Waals surface area contributed by atoms with Gasteiger partial charge < -0.3 is 9.42 Å². The third-order valence-corrected chi connectivity index (χ3v) is 7.48. The zero-order chi connectivity index (χ0) is 22.6. The molecule has 3 heterocycles. The van der Waals surface area contributed by atoms with Gasteiger partial charge in [-0.3, -0.25) is 9.79 Å². The first-order valence-electron chi connectivity index (χ1n) is 11.6. The maximum absolute atomic E-state index is 13.4. The van der Waals surface area contributed by atoms with Crippen LogP contribution in [0.25, 0.3) is 11.4 Å². The van der Waals surface area contributed by atoms with E-state index in [-0.39, 0.29) is 23.1 Å².